The van der Waals surface area contributed by atoms with Crippen molar-refractivity contribution in [3.63, 3.8) is 0 Å². The van der Waals surface area contributed by atoms with Gasteiger partial charge in [0, 0.05) is 22.5 Å². The fourth-order valence-electron chi connectivity index (χ4n) is 1.88. The molecule has 2 aromatic rings. The quantitative estimate of drug-likeness (QED) is 0.914. The first-order chi connectivity index (χ1) is 9.10. The van der Waals surface area contributed by atoms with Crippen LogP contribution in [-0.4, -0.2) is 16.2 Å². The molecule has 0 aliphatic carbocycles. The van der Waals surface area contributed by atoms with Crippen LogP contribution in [0.3, 0.4) is 0 Å². The first kappa shape index (κ1) is 14.2. The zero-order valence-corrected chi connectivity index (χ0v) is 12.8. The molecule has 0 saturated carbocycles. The maximum absolute atomic E-state index is 5.97. The zero-order valence-electron chi connectivity index (χ0n) is 11.2. The second-order valence-corrected chi connectivity index (χ2v) is 5.58. The Morgan fingerprint density at radius 1 is 1.42 bits per heavy atom. The van der Waals surface area contributed by atoms with Crippen LogP contribution in [0, 0.1) is 6.92 Å². The minimum absolute atomic E-state index is 0.0862. The van der Waals surface area contributed by atoms with E-state index < -0.39 is 0 Å². The van der Waals surface area contributed by atoms with E-state index in [0.717, 1.165) is 22.9 Å². The van der Waals surface area contributed by atoms with Crippen LogP contribution in [0.4, 0.5) is 0 Å². The second-order valence-electron chi connectivity index (χ2n) is 4.73. The van der Waals surface area contributed by atoms with E-state index in [-0.39, 0.29) is 6.04 Å². The molecule has 0 spiro atoms. The van der Waals surface area contributed by atoms with Crippen molar-refractivity contribution in [3.05, 3.63) is 34.1 Å². The lowest BCUT2D eigenvalue weighted by atomic mass is 10.1. The maximum atomic E-state index is 5.97. The van der Waals surface area contributed by atoms with E-state index >= 15 is 0 Å². The monoisotopic (exact) mass is 323 g/mol. The van der Waals surface area contributed by atoms with Crippen molar-refractivity contribution < 1.29 is 4.52 Å². The van der Waals surface area contributed by atoms with Gasteiger partial charge in [-0.05, 0) is 25.0 Å². The number of rotatable bonds is 5. The van der Waals surface area contributed by atoms with E-state index in [2.05, 4.69) is 33.0 Å². The predicted octanol–water partition coefficient (Wildman–Crippen LogP) is 3.48. The van der Waals surface area contributed by atoms with E-state index in [1.54, 1.807) is 0 Å². The van der Waals surface area contributed by atoms with Crippen LogP contribution in [0.2, 0.25) is 0 Å². The van der Waals surface area contributed by atoms with E-state index in [4.69, 9.17) is 10.3 Å². The molecule has 1 heterocycles. The molecule has 1 atom stereocenters. The summed E-state index contributed by atoms with van der Waals surface area (Å²) in [5, 5.41) is 4.01. The highest BCUT2D eigenvalue weighted by Crippen LogP contribution is 2.23. The first-order valence-corrected chi connectivity index (χ1v) is 7.24. The van der Waals surface area contributed by atoms with Gasteiger partial charge >= 0.3 is 0 Å². The molecule has 2 rings (SSSR count). The van der Waals surface area contributed by atoms with Gasteiger partial charge in [0.1, 0.15) is 0 Å². The fourth-order valence-corrected chi connectivity index (χ4v) is 2.26. The van der Waals surface area contributed by atoms with E-state index in [1.165, 1.54) is 5.56 Å². The van der Waals surface area contributed by atoms with Gasteiger partial charge < -0.3 is 10.3 Å². The van der Waals surface area contributed by atoms with E-state index in [9.17, 15) is 0 Å². The number of aryl methyl sites for hydroxylation is 1. The summed E-state index contributed by atoms with van der Waals surface area (Å²) in [6, 6.07) is 6.09. The van der Waals surface area contributed by atoms with Crippen molar-refractivity contribution in [2.24, 2.45) is 5.73 Å². The van der Waals surface area contributed by atoms with Gasteiger partial charge in [0.15, 0.2) is 0 Å². The minimum atomic E-state index is 0.0862. The third-order valence-electron chi connectivity index (χ3n) is 2.99. The molecule has 0 radical (unpaired) electrons. The highest BCUT2D eigenvalue weighted by molar-refractivity contribution is 9.10. The largest absolute Gasteiger partial charge is 0.339 e. The molecule has 19 heavy (non-hydrogen) atoms. The standard InChI is InChI=1S/C14H18BrN3O/c1-3-4-11(16)8-13-17-14(18-19-13)10-6-5-9(2)12(15)7-10/h5-7,11H,3-4,8,16H2,1-2H3. The summed E-state index contributed by atoms with van der Waals surface area (Å²) in [6.07, 6.45) is 2.66. The highest BCUT2D eigenvalue weighted by Gasteiger charge is 2.12. The molecule has 1 unspecified atom stereocenters. The lowest BCUT2D eigenvalue weighted by molar-refractivity contribution is 0.366. The average Bonchev–Trinajstić information content (AvgIpc) is 2.81. The molecule has 102 valence electrons. The third-order valence-corrected chi connectivity index (χ3v) is 3.85. The second kappa shape index (κ2) is 6.30. The number of hydrogen-bond donors (Lipinski definition) is 1. The number of benzene rings is 1. The lowest BCUT2D eigenvalue weighted by Crippen LogP contribution is -2.22. The Morgan fingerprint density at radius 2 is 2.21 bits per heavy atom. The van der Waals surface area contributed by atoms with Crippen molar-refractivity contribution >= 4 is 15.9 Å². The summed E-state index contributed by atoms with van der Waals surface area (Å²) in [7, 11) is 0. The molecular weight excluding hydrogens is 306 g/mol. The average molecular weight is 324 g/mol. The van der Waals surface area contributed by atoms with Crippen LogP contribution in [0.5, 0.6) is 0 Å². The van der Waals surface area contributed by atoms with Crippen molar-refractivity contribution in [1.82, 2.24) is 10.1 Å². The molecule has 2 N–H and O–H groups in total. The summed E-state index contributed by atoms with van der Waals surface area (Å²) in [5.74, 6) is 1.21. The predicted molar refractivity (Wildman–Crippen MR) is 78.8 cm³/mol. The minimum Gasteiger partial charge on any atom is -0.339 e. The molecule has 4 nitrogen and oxygen atoms in total. The summed E-state index contributed by atoms with van der Waals surface area (Å²) in [6.45, 7) is 4.15. The van der Waals surface area contributed by atoms with Crippen LogP contribution in [0.25, 0.3) is 11.4 Å². The topological polar surface area (TPSA) is 64.9 Å². The van der Waals surface area contributed by atoms with Crippen LogP contribution < -0.4 is 5.73 Å². The van der Waals surface area contributed by atoms with E-state index in [0.29, 0.717) is 18.1 Å². The highest BCUT2D eigenvalue weighted by atomic mass is 79.9. The number of hydrogen-bond acceptors (Lipinski definition) is 4. The Hall–Kier alpha value is -1.20. The SMILES string of the molecule is CCCC(N)Cc1nc(-c2ccc(C)c(Br)c2)no1. The number of aromatic nitrogens is 2. The number of nitrogens with zero attached hydrogens (tertiary/aromatic N) is 2. The van der Waals surface area contributed by atoms with Crippen molar-refractivity contribution in [1.29, 1.82) is 0 Å². The van der Waals surface area contributed by atoms with Gasteiger partial charge in [-0.1, -0.05) is 46.6 Å². The fraction of sp³-hybridized carbons (Fsp3) is 0.429. The molecule has 5 heteroatoms. The summed E-state index contributed by atoms with van der Waals surface area (Å²) < 4.78 is 6.29. The van der Waals surface area contributed by atoms with E-state index in [1.807, 2.05) is 25.1 Å². The van der Waals surface area contributed by atoms with Crippen LogP contribution in [0.1, 0.15) is 31.2 Å². The molecule has 0 aliphatic rings. The third kappa shape index (κ3) is 3.64. The van der Waals surface area contributed by atoms with Gasteiger partial charge in [-0.3, -0.25) is 0 Å². The molecule has 0 fully saturated rings. The summed E-state index contributed by atoms with van der Waals surface area (Å²) >= 11 is 3.50. The van der Waals surface area contributed by atoms with Gasteiger partial charge in [0.25, 0.3) is 0 Å². The summed E-state index contributed by atoms with van der Waals surface area (Å²) in [5.41, 5.74) is 8.09. The molecule has 1 aromatic carbocycles. The Bertz CT molecular complexity index is 553. The molecular formula is C14H18BrN3O. The lowest BCUT2D eigenvalue weighted by Gasteiger charge is -2.05. The summed E-state index contributed by atoms with van der Waals surface area (Å²) in [4.78, 5) is 4.39. The van der Waals surface area contributed by atoms with Gasteiger partial charge in [-0.25, -0.2) is 0 Å². The van der Waals surface area contributed by atoms with Crippen molar-refractivity contribution in [3.8, 4) is 11.4 Å². The van der Waals surface area contributed by atoms with Gasteiger partial charge in [0.05, 0.1) is 0 Å². The Morgan fingerprint density at radius 3 is 2.89 bits per heavy atom. The Kier molecular flexibility index (Phi) is 4.71. The molecule has 0 saturated heterocycles. The Labute approximate surface area is 121 Å². The molecule has 1 aromatic heterocycles. The molecule has 0 bridgehead atoms. The van der Waals surface area contributed by atoms with Gasteiger partial charge in [0.2, 0.25) is 11.7 Å². The number of nitrogens with two attached hydrogens (primary N) is 1. The number of halogens is 1. The zero-order chi connectivity index (χ0) is 13.8. The van der Waals surface area contributed by atoms with Crippen molar-refractivity contribution in [2.75, 3.05) is 0 Å². The smallest absolute Gasteiger partial charge is 0.228 e. The molecule has 0 aliphatic heterocycles. The molecule has 0 amide bonds. The van der Waals surface area contributed by atoms with Crippen LogP contribution in [0.15, 0.2) is 27.2 Å². The van der Waals surface area contributed by atoms with Crippen LogP contribution in [-0.2, 0) is 6.42 Å². The van der Waals surface area contributed by atoms with Crippen LogP contribution >= 0.6 is 15.9 Å². The normalized spacial score (nSPS) is 12.6. The van der Waals surface area contributed by atoms with Crippen molar-refractivity contribution in [2.45, 2.75) is 39.2 Å². The maximum Gasteiger partial charge on any atom is 0.228 e. The van der Waals surface area contributed by atoms with Gasteiger partial charge in [-0.15, -0.1) is 0 Å². The first-order valence-electron chi connectivity index (χ1n) is 6.45. The van der Waals surface area contributed by atoms with Gasteiger partial charge in [-0.2, -0.15) is 4.98 Å². The Balaban J connectivity index is 2.14.